The second-order valence-corrected chi connectivity index (χ2v) is 5.22. The van der Waals surface area contributed by atoms with Crippen molar-refractivity contribution in [3.05, 3.63) is 0 Å². The molecule has 0 aromatic rings. The maximum atomic E-state index is 12.1. The molecule has 2 N–H and O–H groups in total. The molecule has 0 bridgehead atoms. The van der Waals surface area contributed by atoms with Gasteiger partial charge in [-0.25, -0.2) is 0 Å². The van der Waals surface area contributed by atoms with Crippen molar-refractivity contribution >= 4 is 5.91 Å². The summed E-state index contributed by atoms with van der Waals surface area (Å²) in [5.74, 6) is -0.439. The predicted molar refractivity (Wildman–Crippen MR) is 62.8 cm³/mol. The zero-order valence-corrected chi connectivity index (χ0v) is 10.8. The Morgan fingerprint density at radius 2 is 2.00 bits per heavy atom. The third kappa shape index (κ3) is 4.15. The fourth-order valence-corrected chi connectivity index (χ4v) is 2.54. The highest BCUT2D eigenvalue weighted by Crippen LogP contribution is 2.30. The topological polar surface area (TPSA) is 46.3 Å². The van der Waals surface area contributed by atoms with E-state index in [1.54, 1.807) is 0 Å². The van der Waals surface area contributed by atoms with Crippen LogP contribution in [0.15, 0.2) is 0 Å². The fourth-order valence-electron chi connectivity index (χ4n) is 2.54. The van der Waals surface area contributed by atoms with Crippen molar-refractivity contribution in [2.45, 2.75) is 44.8 Å². The average Bonchev–Trinajstić information content (AvgIpc) is 2.24. The summed E-state index contributed by atoms with van der Waals surface area (Å²) >= 11 is 0. The lowest BCUT2D eigenvalue weighted by atomic mass is 9.76. The van der Waals surface area contributed by atoms with Gasteiger partial charge in [0.05, 0.1) is 12.3 Å². The van der Waals surface area contributed by atoms with Gasteiger partial charge < -0.3 is 10.6 Å². The molecule has 6 heteroatoms. The molecule has 1 saturated carbocycles. The van der Waals surface area contributed by atoms with Crippen LogP contribution in [-0.4, -0.2) is 36.6 Å². The Balaban J connectivity index is 2.56. The first kappa shape index (κ1) is 15.3. The minimum Gasteiger partial charge on any atom is -0.345 e. The molecule has 0 radical (unpaired) electrons. The van der Waals surface area contributed by atoms with E-state index < -0.39 is 12.6 Å². The molecule has 0 spiro atoms. The lowest BCUT2D eigenvalue weighted by Gasteiger charge is -2.35. The van der Waals surface area contributed by atoms with E-state index in [4.69, 9.17) is 5.73 Å². The number of nitrogens with two attached hydrogens (primary N) is 1. The molecule has 3 atom stereocenters. The van der Waals surface area contributed by atoms with E-state index in [1.807, 2.05) is 6.92 Å². The van der Waals surface area contributed by atoms with Crippen LogP contribution >= 0.6 is 0 Å². The normalized spacial score (nSPS) is 29.1. The van der Waals surface area contributed by atoms with Crippen LogP contribution in [0.1, 0.15) is 32.6 Å². The number of carbonyl (C=O) groups is 1. The van der Waals surface area contributed by atoms with Crippen molar-refractivity contribution in [3.63, 3.8) is 0 Å². The number of hydrogen-bond donors (Lipinski definition) is 1. The van der Waals surface area contributed by atoms with E-state index in [2.05, 4.69) is 0 Å². The molecule has 3 nitrogen and oxygen atoms in total. The van der Waals surface area contributed by atoms with E-state index >= 15 is 0 Å². The maximum Gasteiger partial charge on any atom is 0.390 e. The summed E-state index contributed by atoms with van der Waals surface area (Å²) in [6.07, 6.45) is -2.52. The van der Waals surface area contributed by atoms with Crippen LogP contribution in [0.2, 0.25) is 0 Å². The molecule has 1 rings (SSSR count). The standard InChI is InChI=1S/C12H21F3N2O/c1-8-4-3-5-9(16)10(8)11(18)17(2)7-6-12(13,14)15/h8-10H,3-7,16H2,1-2H3. The van der Waals surface area contributed by atoms with Gasteiger partial charge in [0.2, 0.25) is 5.91 Å². The van der Waals surface area contributed by atoms with Crippen molar-refractivity contribution in [1.29, 1.82) is 0 Å². The van der Waals surface area contributed by atoms with Gasteiger partial charge in [-0.05, 0) is 18.8 Å². The predicted octanol–water partition coefficient (Wildman–Crippen LogP) is 2.16. The molecule has 0 aliphatic heterocycles. The van der Waals surface area contributed by atoms with Crippen molar-refractivity contribution < 1.29 is 18.0 Å². The Kier molecular flexibility index (Phi) is 5.01. The van der Waals surface area contributed by atoms with Crippen molar-refractivity contribution in [3.8, 4) is 0 Å². The molecule has 1 amide bonds. The highest BCUT2D eigenvalue weighted by atomic mass is 19.4. The smallest absolute Gasteiger partial charge is 0.345 e. The third-order valence-electron chi connectivity index (χ3n) is 3.66. The molecular formula is C12H21F3N2O. The van der Waals surface area contributed by atoms with Gasteiger partial charge in [0.25, 0.3) is 0 Å². The van der Waals surface area contributed by atoms with Crippen LogP contribution in [0.3, 0.4) is 0 Å². The van der Waals surface area contributed by atoms with E-state index in [0.717, 1.165) is 19.3 Å². The number of rotatable bonds is 3. The molecule has 0 heterocycles. The van der Waals surface area contributed by atoms with Gasteiger partial charge >= 0.3 is 6.18 Å². The molecule has 106 valence electrons. The summed E-state index contributed by atoms with van der Waals surface area (Å²) in [7, 11) is 1.42. The zero-order valence-electron chi connectivity index (χ0n) is 10.8. The minimum absolute atomic E-state index is 0.148. The third-order valence-corrected chi connectivity index (χ3v) is 3.66. The number of carbonyl (C=O) groups excluding carboxylic acids is 1. The van der Waals surface area contributed by atoms with E-state index in [-0.39, 0.29) is 30.3 Å². The SMILES string of the molecule is CC1CCCC(N)C1C(=O)N(C)CCC(F)(F)F. The summed E-state index contributed by atoms with van der Waals surface area (Å²) in [5.41, 5.74) is 5.92. The number of amides is 1. The first-order valence-corrected chi connectivity index (χ1v) is 6.29. The summed E-state index contributed by atoms with van der Waals surface area (Å²) in [6, 6.07) is -0.227. The number of halogens is 3. The van der Waals surface area contributed by atoms with Crippen LogP contribution in [0.4, 0.5) is 13.2 Å². The van der Waals surface area contributed by atoms with Crippen LogP contribution in [0.25, 0.3) is 0 Å². The fraction of sp³-hybridized carbons (Fsp3) is 0.917. The molecule has 1 fully saturated rings. The summed E-state index contributed by atoms with van der Waals surface area (Å²) in [6.45, 7) is 1.65. The van der Waals surface area contributed by atoms with Gasteiger partial charge in [-0.2, -0.15) is 13.2 Å². The highest BCUT2D eigenvalue weighted by Gasteiger charge is 2.36. The van der Waals surface area contributed by atoms with Crippen LogP contribution in [0.5, 0.6) is 0 Å². The number of hydrogen-bond acceptors (Lipinski definition) is 2. The van der Waals surface area contributed by atoms with E-state index in [1.165, 1.54) is 11.9 Å². The molecule has 18 heavy (non-hydrogen) atoms. The Bertz CT molecular complexity index is 284. The van der Waals surface area contributed by atoms with Crippen molar-refractivity contribution in [2.75, 3.05) is 13.6 Å². The minimum atomic E-state index is -4.23. The Morgan fingerprint density at radius 3 is 2.50 bits per heavy atom. The first-order valence-electron chi connectivity index (χ1n) is 6.29. The van der Waals surface area contributed by atoms with E-state index in [9.17, 15) is 18.0 Å². The van der Waals surface area contributed by atoms with Gasteiger partial charge in [0, 0.05) is 19.6 Å². The lowest BCUT2D eigenvalue weighted by Crippen LogP contribution is -2.48. The molecule has 1 aliphatic carbocycles. The molecule has 0 aromatic carbocycles. The molecule has 0 saturated heterocycles. The molecule has 1 aliphatic rings. The second-order valence-electron chi connectivity index (χ2n) is 5.22. The number of alkyl halides is 3. The Morgan fingerprint density at radius 1 is 1.39 bits per heavy atom. The average molecular weight is 266 g/mol. The molecule has 3 unspecified atom stereocenters. The van der Waals surface area contributed by atoms with Gasteiger partial charge in [-0.1, -0.05) is 13.3 Å². The summed E-state index contributed by atoms with van der Waals surface area (Å²) in [5, 5.41) is 0. The summed E-state index contributed by atoms with van der Waals surface area (Å²) < 4.78 is 36.3. The van der Waals surface area contributed by atoms with Crippen molar-refractivity contribution in [2.24, 2.45) is 17.6 Å². The van der Waals surface area contributed by atoms with Crippen LogP contribution < -0.4 is 5.73 Å². The van der Waals surface area contributed by atoms with Crippen molar-refractivity contribution in [1.82, 2.24) is 4.90 Å². The Labute approximate surface area is 106 Å². The van der Waals surface area contributed by atoms with Gasteiger partial charge in [0.15, 0.2) is 0 Å². The lowest BCUT2D eigenvalue weighted by molar-refractivity contribution is -0.147. The number of nitrogens with zero attached hydrogens (tertiary/aromatic N) is 1. The summed E-state index contributed by atoms with van der Waals surface area (Å²) in [4.78, 5) is 13.3. The van der Waals surface area contributed by atoms with Crippen LogP contribution in [0, 0.1) is 11.8 Å². The second kappa shape index (κ2) is 5.91. The van der Waals surface area contributed by atoms with Gasteiger partial charge in [0.1, 0.15) is 0 Å². The van der Waals surface area contributed by atoms with E-state index in [0.29, 0.717) is 0 Å². The monoisotopic (exact) mass is 266 g/mol. The largest absolute Gasteiger partial charge is 0.390 e. The van der Waals surface area contributed by atoms with Crippen LogP contribution in [-0.2, 0) is 4.79 Å². The first-order chi connectivity index (χ1) is 8.22. The van der Waals surface area contributed by atoms with Gasteiger partial charge in [-0.3, -0.25) is 4.79 Å². The Hall–Kier alpha value is -0.780. The maximum absolute atomic E-state index is 12.1. The molecular weight excluding hydrogens is 245 g/mol. The zero-order chi connectivity index (χ0) is 13.9. The molecule has 0 aromatic heterocycles. The highest BCUT2D eigenvalue weighted by molar-refractivity contribution is 5.79. The van der Waals surface area contributed by atoms with Gasteiger partial charge in [-0.15, -0.1) is 0 Å². The quantitative estimate of drug-likeness (QED) is 0.851.